The van der Waals surface area contributed by atoms with Crippen LogP contribution in [-0.2, 0) is 13.5 Å². The Bertz CT molecular complexity index is 537. The molecule has 17 heavy (non-hydrogen) atoms. The van der Waals surface area contributed by atoms with Gasteiger partial charge in [0.2, 0.25) is 0 Å². The molecule has 2 atom stereocenters. The molecule has 1 aromatic carbocycles. The summed E-state index contributed by atoms with van der Waals surface area (Å²) in [6.07, 6.45) is 2.73. The lowest BCUT2D eigenvalue weighted by atomic mass is 10.1. The molecule has 1 aliphatic rings. The fourth-order valence-corrected chi connectivity index (χ4v) is 3.35. The molecule has 1 heterocycles. The van der Waals surface area contributed by atoms with Gasteiger partial charge in [-0.05, 0) is 17.5 Å². The Balaban J connectivity index is 1.83. The lowest BCUT2D eigenvalue weighted by Gasteiger charge is -2.14. The minimum absolute atomic E-state index is 0.0906. The van der Waals surface area contributed by atoms with Gasteiger partial charge in [0, 0.05) is 18.3 Å². The molecule has 5 heteroatoms. The largest absolute Gasteiger partial charge is 0.323 e. The molecule has 1 aliphatic carbocycles. The van der Waals surface area contributed by atoms with Crippen molar-refractivity contribution in [2.75, 3.05) is 0 Å². The van der Waals surface area contributed by atoms with E-state index in [1.165, 1.54) is 11.1 Å². The van der Waals surface area contributed by atoms with Crippen molar-refractivity contribution in [2.45, 2.75) is 22.9 Å². The predicted molar refractivity (Wildman–Crippen MR) is 67.7 cm³/mol. The Labute approximate surface area is 104 Å². The second-order valence-corrected chi connectivity index (χ2v) is 5.52. The molecule has 0 fully saturated rings. The number of hydrogen-bond donors (Lipinski definition) is 1. The molecule has 3 rings (SSSR count). The molecule has 88 valence electrons. The molecule has 0 bridgehead atoms. The lowest BCUT2D eigenvalue weighted by molar-refractivity contribution is 0.717. The summed E-state index contributed by atoms with van der Waals surface area (Å²) in [6, 6.07) is 8.49. The third-order valence-electron chi connectivity index (χ3n) is 3.16. The number of nitrogens with two attached hydrogens (primary N) is 1. The Morgan fingerprint density at radius 1 is 1.41 bits per heavy atom. The van der Waals surface area contributed by atoms with Crippen molar-refractivity contribution in [3.05, 3.63) is 41.7 Å². The van der Waals surface area contributed by atoms with E-state index in [0.29, 0.717) is 5.25 Å². The van der Waals surface area contributed by atoms with Crippen LogP contribution in [0, 0.1) is 0 Å². The van der Waals surface area contributed by atoms with Crippen molar-refractivity contribution >= 4 is 11.8 Å². The van der Waals surface area contributed by atoms with Crippen LogP contribution >= 0.6 is 11.8 Å². The van der Waals surface area contributed by atoms with Crippen LogP contribution < -0.4 is 5.73 Å². The molecule has 0 saturated carbocycles. The highest BCUT2D eigenvalue weighted by Crippen LogP contribution is 2.39. The molecule has 0 radical (unpaired) electrons. The fourth-order valence-electron chi connectivity index (χ4n) is 2.22. The van der Waals surface area contributed by atoms with E-state index in [0.717, 1.165) is 11.6 Å². The summed E-state index contributed by atoms with van der Waals surface area (Å²) < 4.78 is 1.93. The Kier molecular flexibility index (Phi) is 2.64. The van der Waals surface area contributed by atoms with Crippen LogP contribution in [0.4, 0.5) is 0 Å². The number of rotatable bonds is 2. The van der Waals surface area contributed by atoms with E-state index < -0.39 is 0 Å². The standard InChI is InChI=1S/C12H14N4S/c1-16-7-14-15-12(16)17-10-6-8-4-2-3-5-9(8)11(10)13/h2-5,7,10-11H,6,13H2,1H3. The van der Waals surface area contributed by atoms with E-state index in [1.54, 1.807) is 18.1 Å². The Morgan fingerprint density at radius 2 is 2.24 bits per heavy atom. The van der Waals surface area contributed by atoms with Crippen LogP contribution in [0.5, 0.6) is 0 Å². The highest BCUT2D eigenvalue weighted by atomic mass is 32.2. The molecule has 2 N–H and O–H groups in total. The van der Waals surface area contributed by atoms with Crippen LogP contribution in [0.15, 0.2) is 35.7 Å². The molecule has 0 saturated heterocycles. The SMILES string of the molecule is Cn1cnnc1SC1Cc2ccccc2C1N. The number of aromatic nitrogens is 3. The number of thioether (sulfide) groups is 1. The molecule has 2 unspecified atom stereocenters. The van der Waals surface area contributed by atoms with Gasteiger partial charge in [0.1, 0.15) is 6.33 Å². The minimum Gasteiger partial charge on any atom is -0.323 e. The van der Waals surface area contributed by atoms with Crippen molar-refractivity contribution in [3.63, 3.8) is 0 Å². The number of fused-ring (bicyclic) bond motifs is 1. The number of hydrogen-bond acceptors (Lipinski definition) is 4. The summed E-state index contributed by atoms with van der Waals surface area (Å²) in [5.74, 6) is 0. The van der Waals surface area contributed by atoms with Gasteiger partial charge in [0.15, 0.2) is 5.16 Å². The first kappa shape index (κ1) is 10.8. The van der Waals surface area contributed by atoms with Crippen molar-refractivity contribution in [3.8, 4) is 0 Å². The van der Waals surface area contributed by atoms with Crippen LogP contribution in [0.2, 0.25) is 0 Å². The molecule has 2 aromatic rings. The van der Waals surface area contributed by atoms with Gasteiger partial charge in [0.05, 0.1) is 0 Å². The van der Waals surface area contributed by atoms with Crippen molar-refractivity contribution < 1.29 is 0 Å². The van der Waals surface area contributed by atoms with Crippen molar-refractivity contribution in [2.24, 2.45) is 12.8 Å². The zero-order chi connectivity index (χ0) is 11.8. The monoisotopic (exact) mass is 246 g/mol. The highest BCUT2D eigenvalue weighted by Gasteiger charge is 2.31. The minimum atomic E-state index is 0.0906. The van der Waals surface area contributed by atoms with Crippen LogP contribution in [0.25, 0.3) is 0 Å². The maximum absolute atomic E-state index is 6.28. The zero-order valence-corrected chi connectivity index (χ0v) is 10.4. The van der Waals surface area contributed by atoms with E-state index >= 15 is 0 Å². The molecule has 0 spiro atoms. The van der Waals surface area contributed by atoms with Gasteiger partial charge >= 0.3 is 0 Å². The Morgan fingerprint density at radius 3 is 2.94 bits per heavy atom. The predicted octanol–water partition coefficient (Wildman–Crippen LogP) is 1.53. The number of aryl methyl sites for hydroxylation is 1. The van der Waals surface area contributed by atoms with E-state index in [1.807, 2.05) is 17.7 Å². The first-order chi connectivity index (χ1) is 8.25. The average Bonchev–Trinajstić information content (AvgIpc) is 2.87. The van der Waals surface area contributed by atoms with Gasteiger partial charge < -0.3 is 10.3 Å². The third kappa shape index (κ3) is 1.85. The first-order valence-electron chi connectivity index (χ1n) is 5.60. The average molecular weight is 246 g/mol. The molecule has 0 amide bonds. The van der Waals surface area contributed by atoms with Gasteiger partial charge in [-0.1, -0.05) is 36.0 Å². The van der Waals surface area contributed by atoms with Gasteiger partial charge in [-0.15, -0.1) is 10.2 Å². The van der Waals surface area contributed by atoms with Gasteiger partial charge in [-0.3, -0.25) is 0 Å². The molecular weight excluding hydrogens is 232 g/mol. The fraction of sp³-hybridized carbons (Fsp3) is 0.333. The van der Waals surface area contributed by atoms with Gasteiger partial charge in [-0.25, -0.2) is 0 Å². The summed E-state index contributed by atoms with van der Waals surface area (Å²) >= 11 is 1.71. The zero-order valence-electron chi connectivity index (χ0n) is 9.58. The topological polar surface area (TPSA) is 56.7 Å². The quantitative estimate of drug-likeness (QED) is 0.873. The molecule has 0 aliphatic heterocycles. The second-order valence-electron chi connectivity index (χ2n) is 4.31. The molecule has 4 nitrogen and oxygen atoms in total. The third-order valence-corrected chi connectivity index (χ3v) is 4.51. The van der Waals surface area contributed by atoms with Gasteiger partial charge in [-0.2, -0.15) is 0 Å². The second kappa shape index (κ2) is 4.16. The first-order valence-corrected chi connectivity index (χ1v) is 6.47. The van der Waals surface area contributed by atoms with Gasteiger partial charge in [0.25, 0.3) is 0 Å². The Hall–Kier alpha value is -1.33. The molecular formula is C12H14N4S. The number of nitrogens with zero attached hydrogens (tertiary/aromatic N) is 3. The summed E-state index contributed by atoms with van der Waals surface area (Å²) in [7, 11) is 1.95. The smallest absolute Gasteiger partial charge is 0.191 e. The van der Waals surface area contributed by atoms with E-state index in [2.05, 4.69) is 28.4 Å². The van der Waals surface area contributed by atoms with E-state index in [4.69, 9.17) is 5.73 Å². The van der Waals surface area contributed by atoms with Crippen LogP contribution in [0.3, 0.4) is 0 Å². The summed E-state index contributed by atoms with van der Waals surface area (Å²) in [5, 5.41) is 9.27. The molecule has 1 aromatic heterocycles. The highest BCUT2D eigenvalue weighted by molar-refractivity contribution is 7.99. The van der Waals surface area contributed by atoms with E-state index in [9.17, 15) is 0 Å². The maximum atomic E-state index is 6.28. The summed E-state index contributed by atoms with van der Waals surface area (Å²) in [5.41, 5.74) is 8.91. The normalized spacial score (nSPS) is 22.7. The van der Waals surface area contributed by atoms with E-state index in [-0.39, 0.29) is 6.04 Å². The van der Waals surface area contributed by atoms with Crippen molar-refractivity contribution in [1.82, 2.24) is 14.8 Å². The summed E-state index contributed by atoms with van der Waals surface area (Å²) in [4.78, 5) is 0. The van der Waals surface area contributed by atoms with Crippen molar-refractivity contribution in [1.29, 1.82) is 0 Å². The number of benzene rings is 1. The van der Waals surface area contributed by atoms with Crippen LogP contribution in [-0.4, -0.2) is 20.0 Å². The lowest BCUT2D eigenvalue weighted by Crippen LogP contribution is -2.19. The van der Waals surface area contributed by atoms with Crippen LogP contribution in [0.1, 0.15) is 17.2 Å². The maximum Gasteiger partial charge on any atom is 0.191 e. The summed E-state index contributed by atoms with van der Waals surface area (Å²) in [6.45, 7) is 0.